The Morgan fingerprint density at radius 1 is 1.42 bits per heavy atom. The number of ether oxygens (including phenoxy) is 1. The van der Waals surface area contributed by atoms with Crippen LogP contribution in [0.15, 0.2) is 6.20 Å². The molecule has 1 N–H and O–H groups in total. The first-order valence-corrected chi connectivity index (χ1v) is 8.57. The summed E-state index contributed by atoms with van der Waals surface area (Å²) in [5, 5.41) is 2.77. The van der Waals surface area contributed by atoms with E-state index < -0.39 is 0 Å². The molecule has 0 saturated carbocycles. The monoisotopic (exact) mass is 336 g/mol. The second kappa shape index (κ2) is 8.28. The van der Waals surface area contributed by atoms with Gasteiger partial charge in [-0.1, -0.05) is 13.8 Å². The molecule has 0 bridgehead atoms. The highest BCUT2D eigenvalue weighted by Crippen LogP contribution is 2.25. The third kappa shape index (κ3) is 4.35. The van der Waals surface area contributed by atoms with Crippen LogP contribution in [0.1, 0.15) is 56.0 Å². The molecule has 0 aliphatic carbocycles. The van der Waals surface area contributed by atoms with Gasteiger partial charge in [-0.05, 0) is 19.3 Å². The van der Waals surface area contributed by atoms with Gasteiger partial charge in [0.25, 0.3) is 5.91 Å². The lowest BCUT2D eigenvalue weighted by Crippen LogP contribution is -2.41. The van der Waals surface area contributed by atoms with Gasteiger partial charge in [0, 0.05) is 39.4 Å². The Hall–Kier alpha value is -1.89. The highest BCUT2D eigenvalue weighted by atomic mass is 16.5. The number of rotatable bonds is 7. The number of hydrogen-bond acceptors (Lipinski definition) is 4. The molecule has 1 aliphatic rings. The number of carbonyl (C=O) groups excluding carboxylic acids is 2. The normalized spacial score (nSPS) is 17.0. The van der Waals surface area contributed by atoms with E-state index >= 15 is 0 Å². The maximum absolute atomic E-state index is 12.4. The molecule has 0 spiro atoms. The molecule has 1 aromatic rings. The summed E-state index contributed by atoms with van der Waals surface area (Å²) in [5.74, 6) is 1.24. The number of nitrogens with one attached hydrogen (secondary N) is 1. The summed E-state index contributed by atoms with van der Waals surface area (Å²) < 4.78 is 6.90. The van der Waals surface area contributed by atoms with Crippen molar-refractivity contribution < 1.29 is 14.3 Å². The molecule has 24 heavy (non-hydrogen) atoms. The van der Waals surface area contributed by atoms with Crippen molar-refractivity contribution in [3.05, 3.63) is 17.7 Å². The minimum Gasteiger partial charge on any atom is -0.383 e. The first-order chi connectivity index (χ1) is 11.4. The SMILES string of the molecule is COCCNC(=O)c1cn2c(n1)C(C)N(C(=O)CCC(C)C)CC2. The van der Waals surface area contributed by atoms with Crippen LogP contribution in [0, 0.1) is 5.92 Å². The van der Waals surface area contributed by atoms with E-state index in [0.717, 1.165) is 12.2 Å². The zero-order valence-electron chi connectivity index (χ0n) is 15.0. The van der Waals surface area contributed by atoms with Crippen molar-refractivity contribution >= 4 is 11.8 Å². The van der Waals surface area contributed by atoms with E-state index in [-0.39, 0.29) is 17.9 Å². The van der Waals surface area contributed by atoms with Crippen molar-refractivity contribution in [2.24, 2.45) is 5.92 Å². The van der Waals surface area contributed by atoms with E-state index in [0.29, 0.717) is 44.3 Å². The molecule has 0 saturated heterocycles. The van der Waals surface area contributed by atoms with E-state index in [9.17, 15) is 9.59 Å². The van der Waals surface area contributed by atoms with Crippen LogP contribution in [-0.2, 0) is 16.1 Å². The molecule has 134 valence electrons. The number of methoxy groups -OCH3 is 1. The van der Waals surface area contributed by atoms with Crippen molar-refractivity contribution in [2.75, 3.05) is 26.8 Å². The first-order valence-electron chi connectivity index (χ1n) is 8.57. The summed E-state index contributed by atoms with van der Waals surface area (Å²) in [7, 11) is 1.59. The van der Waals surface area contributed by atoms with Gasteiger partial charge in [0.15, 0.2) is 0 Å². The summed E-state index contributed by atoms with van der Waals surface area (Å²) in [6, 6.07) is -0.112. The van der Waals surface area contributed by atoms with E-state index in [1.54, 1.807) is 13.3 Å². The largest absolute Gasteiger partial charge is 0.383 e. The zero-order chi connectivity index (χ0) is 17.7. The van der Waals surface area contributed by atoms with Gasteiger partial charge in [0.05, 0.1) is 12.6 Å². The van der Waals surface area contributed by atoms with Crippen LogP contribution in [0.4, 0.5) is 0 Å². The quantitative estimate of drug-likeness (QED) is 0.767. The maximum atomic E-state index is 12.4. The van der Waals surface area contributed by atoms with Crippen molar-refractivity contribution in [2.45, 2.75) is 46.2 Å². The molecule has 1 atom stereocenters. The fraction of sp³-hybridized carbons (Fsp3) is 0.706. The molecule has 2 heterocycles. The second-order valence-electron chi connectivity index (χ2n) is 6.62. The van der Waals surface area contributed by atoms with Crippen LogP contribution < -0.4 is 5.32 Å². The summed E-state index contributed by atoms with van der Waals surface area (Å²) >= 11 is 0. The maximum Gasteiger partial charge on any atom is 0.271 e. The van der Waals surface area contributed by atoms with Gasteiger partial charge >= 0.3 is 0 Å². The van der Waals surface area contributed by atoms with Crippen LogP contribution >= 0.6 is 0 Å². The van der Waals surface area contributed by atoms with Gasteiger partial charge in [0.1, 0.15) is 11.5 Å². The lowest BCUT2D eigenvalue weighted by molar-refractivity contribution is -0.134. The molecule has 0 radical (unpaired) electrons. The highest BCUT2D eigenvalue weighted by Gasteiger charge is 2.30. The highest BCUT2D eigenvalue weighted by molar-refractivity contribution is 5.92. The molecule has 2 amide bonds. The molecule has 7 nitrogen and oxygen atoms in total. The molecular weight excluding hydrogens is 308 g/mol. The molecular formula is C17H28N4O3. The average molecular weight is 336 g/mol. The predicted molar refractivity (Wildman–Crippen MR) is 90.6 cm³/mol. The fourth-order valence-corrected chi connectivity index (χ4v) is 2.85. The summed E-state index contributed by atoms with van der Waals surface area (Å²) in [6.07, 6.45) is 3.22. The van der Waals surface area contributed by atoms with Crippen LogP contribution in [-0.4, -0.2) is 53.1 Å². The van der Waals surface area contributed by atoms with Crippen LogP contribution in [0.2, 0.25) is 0 Å². The van der Waals surface area contributed by atoms with Crippen LogP contribution in [0.5, 0.6) is 0 Å². The van der Waals surface area contributed by atoms with Gasteiger partial charge in [-0.25, -0.2) is 4.98 Å². The van der Waals surface area contributed by atoms with E-state index in [1.165, 1.54) is 0 Å². The van der Waals surface area contributed by atoms with Gasteiger partial charge in [-0.15, -0.1) is 0 Å². The third-order valence-corrected chi connectivity index (χ3v) is 4.31. The molecule has 7 heteroatoms. The lowest BCUT2D eigenvalue weighted by Gasteiger charge is -2.34. The first kappa shape index (κ1) is 18.4. The predicted octanol–water partition coefficient (Wildman–Crippen LogP) is 1.60. The summed E-state index contributed by atoms with van der Waals surface area (Å²) in [4.78, 5) is 30.9. The summed E-state index contributed by atoms with van der Waals surface area (Å²) in [5.41, 5.74) is 0.393. The molecule has 1 unspecified atom stereocenters. The van der Waals surface area contributed by atoms with Gasteiger partial charge in [-0.2, -0.15) is 0 Å². The fourth-order valence-electron chi connectivity index (χ4n) is 2.85. The molecule has 0 aromatic carbocycles. The Kier molecular flexibility index (Phi) is 6.36. The minimum absolute atomic E-state index is 0.112. The number of nitrogens with zero attached hydrogens (tertiary/aromatic N) is 3. The molecule has 1 aliphatic heterocycles. The topological polar surface area (TPSA) is 76.5 Å². The zero-order valence-corrected chi connectivity index (χ0v) is 15.0. The number of aromatic nitrogens is 2. The molecule has 0 fully saturated rings. The van der Waals surface area contributed by atoms with Crippen molar-refractivity contribution in [3.8, 4) is 0 Å². The Morgan fingerprint density at radius 3 is 2.83 bits per heavy atom. The lowest BCUT2D eigenvalue weighted by atomic mass is 10.1. The van der Waals surface area contributed by atoms with Crippen molar-refractivity contribution in [3.63, 3.8) is 0 Å². The van der Waals surface area contributed by atoms with E-state index in [2.05, 4.69) is 24.1 Å². The number of amides is 2. The third-order valence-electron chi connectivity index (χ3n) is 4.31. The van der Waals surface area contributed by atoms with E-state index in [1.807, 2.05) is 16.4 Å². The Balaban J connectivity index is 2.03. The van der Waals surface area contributed by atoms with Crippen molar-refractivity contribution in [1.82, 2.24) is 19.8 Å². The Labute approximate surface area is 143 Å². The average Bonchev–Trinajstić information content (AvgIpc) is 2.98. The minimum atomic E-state index is -0.209. The van der Waals surface area contributed by atoms with Crippen LogP contribution in [0.3, 0.4) is 0 Å². The van der Waals surface area contributed by atoms with Gasteiger partial charge in [0.2, 0.25) is 5.91 Å². The van der Waals surface area contributed by atoms with E-state index in [4.69, 9.17) is 4.74 Å². The Bertz CT molecular complexity index is 582. The number of carbonyl (C=O) groups is 2. The number of imidazole rings is 1. The second-order valence-corrected chi connectivity index (χ2v) is 6.62. The van der Waals surface area contributed by atoms with Gasteiger partial charge < -0.3 is 19.5 Å². The Morgan fingerprint density at radius 2 is 2.17 bits per heavy atom. The number of hydrogen-bond donors (Lipinski definition) is 1. The standard InChI is InChI=1S/C17H28N4O3/c1-12(2)5-6-15(22)21-9-8-20-11-14(19-16(20)13(21)3)17(23)18-7-10-24-4/h11-13H,5-10H2,1-4H3,(H,18,23). The molecule has 1 aromatic heterocycles. The molecule has 2 rings (SSSR count). The van der Waals surface area contributed by atoms with Crippen molar-refractivity contribution in [1.29, 1.82) is 0 Å². The number of fused-ring (bicyclic) bond motifs is 1. The van der Waals surface area contributed by atoms with Gasteiger partial charge in [-0.3, -0.25) is 9.59 Å². The van der Waals surface area contributed by atoms with Crippen LogP contribution in [0.25, 0.3) is 0 Å². The smallest absolute Gasteiger partial charge is 0.271 e. The summed E-state index contributed by atoms with van der Waals surface area (Å²) in [6.45, 7) is 8.46.